The minimum Gasteiger partial charge on any atom is -0.396 e. The molecule has 0 unspecified atom stereocenters. The minimum atomic E-state index is 0.313. The largest absolute Gasteiger partial charge is 0.396 e. The fourth-order valence-corrected chi connectivity index (χ4v) is 1.60. The Morgan fingerprint density at radius 3 is 2.00 bits per heavy atom. The molecule has 0 aromatic carbocycles. The molecule has 2 heteroatoms. The van der Waals surface area contributed by atoms with Gasteiger partial charge in [-0.1, -0.05) is 13.8 Å². The van der Waals surface area contributed by atoms with E-state index in [2.05, 4.69) is 32.6 Å². The second-order valence-corrected chi connectivity index (χ2v) is 4.74. The quantitative estimate of drug-likeness (QED) is 0.652. The van der Waals surface area contributed by atoms with Crippen LogP contribution < -0.4 is 0 Å². The summed E-state index contributed by atoms with van der Waals surface area (Å²) in [5.41, 5.74) is 0. The van der Waals surface area contributed by atoms with E-state index < -0.39 is 0 Å². The van der Waals surface area contributed by atoms with Crippen molar-refractivity contribution in [3.05, 3.63) is 0 Å². The van der Waals surface area contributed by atoms with Crippen LogP contribution >= 0.6 is 0 Å². The Labute approximate surface area is 89.3 Å². The lowest BCUT2D eigenvalue weighted by molar-refractivity contribution is 0.187. The molecule has 0 spiro atoms. The highest BCUT2D eigenvalue weighted by Crippen LogP contribution is 2.07. The van der Waals surface area contributed by atoms with E-state index in [1.54, 1.807) is 0 Å². The van der Waals surface area contributed by atoms with Crippen molar-refractivity contribution < 1.29 is 5.11 Å². The van der Waals surface area contributed by atoms with Gasteiger partial charge in [0.1, 0.15) is 0 Å². The maximum atomic E-state index is 8.78. The van der Waals surface area contributed by atoms with E-state index in [1.807, 2.05) is 0 Å². The number of aliphatic hydroxyl groups excluding tert-OH is 1. The number of nitrogens with zero attached hydrogens (tertiary/aromatic N) is 1. The Kier molecular flexibility index (Phi) is 8.20. The average molecular weight is 201 g/mol. The molecule has 0 aromatic rings. The third kappa shape index (κ3) is 7.34. The topological polar surface area (TPSA) is 23.5 Å². The van der Waals surface area contributed by atoms with Gasteiger partial charge < -0.3 is 10.0 Å². The molecule has 0 aliphatic heterocycles. The van der Waals surface area contributed by atoms with Gasteiger partial charge in [0.25, 0.3) is 0 Å². The first-order valence-corrected chi connectivity index (χ1v) is 5.92. The minimum absolute atomic E-state index is 0.313. The fourth-order valence-electron chi connectivity index (χ4n) is 1.60. The molecule has 0 aliphatic rings. The average Bonchev–Trinajstić information content (AvgIpc) is 2.09. The van der Waals surface area contributed by atoms with Crippen molar-refractivity contribution in [2.24, 2.45) is 5.92 Å². The van der Waals surface area contributed by atoms with Crippen molar-refractivity contribution in [2.45, 2.75) is 53.0 Å². The first-order chi connectivity index (χ1) is 6.57. The summed E-state index contributed by atoms with van der Waals surface area (Å²) in [5.74, 6) is 0.807. The van der Waals surface area contributed by atoms with Crippen LogP contribution in [0.4, 0.5) is 0 Å². The molecular weight excluding hydrogens is 174 g/mol. The van der Waals surface area contributed by atoms with Crippen molar-refractivity contribution in [3.8, 4) is 0 Å². The normalized spacial score (nSPS) is 12.0. The van der Waals surface area contributed by atoms with E-state index in [0.717, 1.165) is 18.9 Å². The van der Waals surface area contributed by atoms with Crippen LogP contribution in [0.25, 0.3) is 0 Å². The lowest BCUT2D eigenvalue weighted by Crippen LogP contribution is -2.33. The summed E-state index contributed by atoms with van der Waals surface area (Å²) < 4.78 is 0. The van der Waals surface area contributed by atoms with Gasteiger partial charge in [-0.15, -0.1) is 0 Å². The number of aliphatic hydroxyl groups is 1. The maximum Gasteiger partial charge on any atom is 0.0443 e. The highest BCUT2D eigenvalue weighted by molar-refractivity contribution is 4.63. The molecule has 0 rings (SSSR count). The second-order valence-electron chi connectivity index (χ2n) is 4.74. The van der Waals surface area contributed by atoms with Gasteiger partial charge in [0.15, 0.2) is 0 Å². The molecule has 0 aliphatic carbocycles. The van der Waals surface area contributed by atoms with E-state index in [9.17, 15) is 0 Å². The Balaban J connectivity index is 3.62. The third-order valence-corrected chi connectivity index (χ3v) is 2.56. The molecule has 0 heterocycles. The smallest absolute Gasteiger partial charge is 0.0443 e. The van der Waals surface area contributed by atoms with Crippen LogP contribution in [-0.4, -0.2) is 35.7 Å². The first kappa shape index (κ1) is 13.9. The van der Waals surface area contributed by atoms with Gasteiger partial charge in [0.2, 0.25) is 0 Å². The van der Waals surface area contributed by atoms with Gasteiger partial charge in [-0.25, -0.2) is 0 Å². The second kappa shape index (κ2) is 8.25. The van der Waals surface area contributed by atoms with Crippen LogP contribution in [0.5, 0.6) is 0 Å². The van der Waals surface area contributed by atoms with Crippen LogP contribution in [0.15, 0.2) is 0 Å². The van der Waals surface area contributed by atoms with E-state index in [-0.39, 0.29) is 0 Å². The Morgan fingerprint density at radius 1 is 1.00 bits per heavy atom. The lowest BCUT2D eigenvalue weighted by Gasteiger charge is -2.26. The Hall–Kier alpha value is -0.0800. The highest BCUT2D eigenvalue weighted by Gasteiger charge is 2.08. The van der Waals surface area contributed by atoms with Crippen molar-refractivity contribution in [1.82, 2.24) is 4.90 Å². The molecule has 0 radical (unpaired) electrons. The van der Waals surface area contributed by atoms with E-state index in [0.29, 0.717) is 12.6 Å². The van der Waals surface area contributed by atoms with Crippen LogP contribution in [-0.2, 0) is 0 Å². The van der Waals surface area contributed by atoms with Crippen LogP contribution in [0.2, 0.25) is 0 Å². The molecule has 0 aromatic heterocycles. The zero-order valence-corrected chi connectivity index (χ0v) is 10.3. The third-order valence-electron chi connectivity index (χ3n) is 2.56. The van der Waals surface area contributed by atoms with Crippen molar-refractivity contribution >= 4 is 0 Å². The molecule has 0 atom stereocenters. The Morgan fingerprint density at radius 2 is 1.57 bits per heavy atom. The van der Waals surface area contributed by atoms with Gasteiger partial charge >= 0.3 is 0 Å². The molecule has 0 saturated carbocycles. The molecule has 0 saturated heterocycles. The predicted molar refractivity (Wildman–Crippen MR) is 62.5 cm³/mol. The van der Waals surface area contributed by atoms with Crippen molar-refractivity contribution in [3.63, 3.8) is 0 Å². The summed E-state index contributed by atoms with van der Waals surface area (Å²) >= 11 is 0. The summed E-state index contributed by atoms with van der Waals surface area (Å²) in [5, 5.41) is 8.78. The number of rotatable bonds is 8. The van der Waals surface area contributed by atoms with Gasteiger partial charge in [0.05, 0.1) is 0 Å². The molecule has 0 fully saturated rings. The molecule has 14 heavy (non-hydrogen) atoms. The SMILES string of the molecule is CC(C)CCCN(CCCO)C(C)C. The molecule has 2 nitrogen and oxygen atoms in total. The van der Waals surface area contributed by atoms with E-state index in [1.165, 1.54) is 19.4 Å². The Bertz CT molecular complexity index is 123. The van der Waals surface area contributed by atoms with E-state index in [4.69, 9.17) is 5.11 Å². The molecule has 0 amide bonds. The first-order valence-electron chi connectivity index (χ1n) is 5.92. The monoisotopic (exact) mass is 201 g/mol. The zero-order valence-electron chi connectivity index (χ0n) is 10.3. The molecule has 1 N–H and O–H groups in total. The highest BCUT2D eigenvalue weighted by atomic mass is 16.3. The van der Waals surface area contributed by atoms with Gasteiger partial charge in [-0.2, -0.15) is 0 Å². The predicted octanol–water partition coefficient (Wildman–Crippen LogP) is 2.52. The molecule has 0 bridgehead atoms. The summed E-state index contributed by atoms with van der Waals surface area (Å²) in [7, 11) is 0. The summed E-state index contributed by atoms with van der Waals surface area (Å²) in [6.07, 6.45) is 3.49. The summed E-state index contributed by atoms with van der Waals surface area (Å²) in [4.78, 5) is 2.46. The summed E-state index contributed by atoms with van der Waals surface area (Å²) in [6.45, 7) is 11.5. The lowest BCUT2D eigenvalue weighted by atomic mass is 10.1. The van der Waals surface area contributed by atoms with Crippen LogP contribution in [0.3, 0.4) is 0 Å². The zero-order chi connectivity index (χ0) is 11.0. The maximum absolute atomic E-state index is 8.78. The molecular formula is C12H27NO. The summed E-state index contributed by atoms with van der Waals surface area (Å²) in [6, 6.07) is 0.605. The van der Waals surface area contributed by atoms with Crippen molar-refractivity contribution in [1.29, 1.82) is 0 Å². The molecule has 86 valence electrons. The van der Waals surface area contributed by atoms with Crippen LogP contribution in [0.1, 0.15) is 47.0 Å². The van der Waals surface area contributed by atoms with Gasteiger partial charge in [-0.05, 0) is 45.6 Å². The van der Waals surface area contributed by atoms with Gasteiger partial charge in [-0.3, -0.25) is 0 Å². The van der Waals surface area contributed by atoms with Crippen LogP contribution in [0, 0.1) is 5.92 Å². The number of hydrogen-bond acceptors (Lipinski definition) is 2. The standard InChI is InChI=1S/C12H27NO/c1-11(2)7-5-8-13(12(3)4)9-6-10-14/h11-12,14H,5-10H2,1-4H3. The fraction of sp³-hybridized carbons (Fsp3) is 1.00. The number of hydrogen-bond donors (Lipinski definition) is 1. The van der Waals surface area contributed by atoms with Gasteiger partial charge in [0, 0.05) is 19.2 Å². The van der Waals surface area contributed by atoms with Crippen molar-refractivity contribution in [2.75, 3.05) is 19.7 Å². The van der Waals surface area contributed by atoms with E-state index >= 15 is 0 Å².